The fraction of sp³-hybridized carbons (Fsp3) is 0.0500. The molecule has 9 heteroatoms. The van der Waals surface area contributed by atoms with Gasteiger partial charge in [-0.25, -0.2) is 9.83 Å². The zero-order valence-electron chi connectivity index (χ0n) is 14.8. The normalized spacial score (nSPS) is 10.4. The van der Waals surface area contributed by atoms with Crippen LogP contribution >= 0.6 is 23.1 Å². The highest BCUT2D eigenvalue weighted by atomic mass is 32.2. The Balaban J connectivity index is 1.70. The molecule has 0 amide bonds. The predicted molar refractivity (Wildman–Crippen MR) is 113 cm³/mol. The lowest BCUT2D eigenvalue weighted by molar-refractivity contribution is 1.07. The van der Waals surface area contributed by atoms with E-state index in [9.17, 15) is 10.1 Å². The van der Waals surface area contributed by atoms with E-state index in [1.54, 1.807) is 0 Å². The van der Waals surface area contributed by atoms with Crippen LogP contribution in [0.1, 0.15) is 11.1 Å². The van der Waals surface area contributed by atoms with Crippen molar-refractivity contribution in [2.75, 3.05) is 0 Å². The van der Waals surface area contributed by atoms with Crippen molar-refractivity contribution in [1.29, 1.82) is 5.26 Å². The van der Waals surface area contributed by atoms with Gasteiger partial charge in [-0.15, -0.1) is 23.1 Å². The van der Waals surface area contributed by atoms with Crippen LogP contribution in [0.4, 0.5) is 5.69 Å². The van der Waals surface area contributed by atoms with Crippen molar-refractivity contribution < 1.29 is 0 Å². The molecule has 29 heavy (non-hydrogen) atoms. The third-order valence-corrected chi connectivity index (χ3v) is 6.11. The van der Waals surface area contributed by atoms with E-state index in [1.807, 2.05) is 41.8 Å². The molecule has 0 radical (unpaired) electrons. The van der Waals surface area contributed by atoms with E-state index in [0.717, 1.165) is 16.0 Å². The molecule has 0 spiro atoms. The summed E-state index contributed by atoms with van der Waals surface area (Å²) in [5.74, 6) is 1.21. The average Bonchev–Trinajstić information content (AvgIpc) is 3.46. The van der Waals surface area contributed by atoms with Gasteiger partial charge in [0.15, 0.2) is 5.82 Å². The Morgan fingerprint density at radius 2 is 2.21 bits per heavy atom. The van der Waals surface area contributed by atoms with E-state index in [1.165, 1.54) is 29.4 Å². The highest BCUT2D eigenvalue weighted by Crippen LogP contribution is 2.38. The first-order chi connectivity index (χ1) is 14.2. The molecule has 2 N–H and O–H groups in total. The van der Waals surface area contributed by atoms with Gasteiger partial charge >= 0.3 is 0 Å². The standard InChI is InChI=1S/C20H12N6OS2/c1-22-17-16(15-6-3-7-28-15)14(9-21)20(25-19(17)27)29-10-12-4-2-5-13(8-12)18-23-11-24-26-18/h2-8,11H,10H2,(H,25,27)(H,23,24,26). The molecule has 0 bridgehead atoms. The highest BCUT2D eigenvalue weighted by Gasteiger charge is 2.20. The molecule has 0 atom stereocenters. The number of aromatic amines is 2. The van der Waals surface area contributed by atoms with Crippen LogP contribution in [0.5, 0.6) is 0 Å². The van der Waals surface area contributed by atoms with E-state index in [4.69, 9.17) is 6.57 Å². The lowest BCUT2D eigenvalue weighted by Gasteiger charge is -2.10. The maximum absolute atomic E-state index is 12.5. The molecule has 0 aliphatic heterocycles. The summed E-state index contributed by atoms with van der Waals surface area (Å²) in [4.78, 5) is 23.4. The molecule has 1 aromatic carbocycles. The molecule has 0 aliphatic carbocycles. The van der Waals surface area contributed by atoms with Gasteiger partial charge in [-0.2, -0.15) is 10.4 Å². The molecule has 0 fully saturated rings. The Labute approximate surface area is 173 Å². The summed E-state index contributed by atoms with van der Waals surface area (Å²) < 4.78 is 0. The van der Waals surface area contributed by atoms with E-state index >= 15 is 0 Å². The Morgan fingerprint density at radius 3 is 2.90 bits per heavy atom. The zero-order valence-corrected chi connectivity index (χ0v) is 16.5. The van der Waals surface area contributed by atoms with E-state index in [-0.39, 0.29) is 5.69 Å². The third-order valence-electron chi connectivity index (χ3n) is 4.15. The number of nitriles is 1. The van der Waals surface area contributed by atoms with E-state index in [2.05, 4.69) is 31.1 Å². The Kier molecular flexibility index (Phi) is 5.25. The van der Waals surface area contributed by atoms with Gasteiger partial charge in [0.1, 0.15) is 12.4 Å². The molecule has 3 aromatic heterocycles. The maximum Gasteiger partial charge on any atom is 0.260 e. The van der Waals surface area contributed by atoms with Crippen LogP contribution in [0.15, 0.2) is 57.9 Å². The maximum atomic E-state index is 12.5. The van der Waals surface area contributed by atoms with Crippen LogP contribution in [0.25, 0.3) is 26.7 Å². The van der Waals surface area contributed by atoms with Crippen molar-refractivity contribution in [3.05, 3.63) is 81.0 Å². The summed E-state index contributed by atoms with van der Waals surface area (Å²) in [6.45, 7) is 7.38. The van der Waals surface area contributed by atoms with E-state index < -0.39 is 5.56 Å². The van der Waals surface area contributed by atoms with Gasteiger partial charge in [-0.05, 0) is 23.1 Å². The van der Waals surface area contributed by atoms with Crippen LogP contribution in [-0.4, -0.2) is 20.2 Å². The number of nitrogens with one attached hydrogen (secondary N) is 2. The number of thioether (sulfide) groups is 1. The number of H-pyrrole nitrogens is 2. The fourth-order valence-corrected chi connectivity index (χ4v) is 4.59. The average molecular weight is 416 g/mol. The minimum atomic E-state index is -0.486. The molecule has 4 rings (SSSR count). The number of hydrogen-bond acceptors (Lipinski definition) is 6. The molecule has 7 nitrogen and oxygen atoms in total. The van der Waals surface area contributed by atoms with Gasteiger partial charge in [0.05, 0.1) is 17.2 Å². The molecular weight excluding hydrogens is 404 g/mol. The van der Waals surface area contributed by atoms with Crippen LogP contribution in [-0.2, 0) is 5.75 Å². The first-order valence-corrected chi connectivity index (χ1v) is 10.3. The Morgan fingerprint density at radius 1 is 1.31 bits per heavy atom. The van der Waals surface area contributed by atoms with Gasteiger partial charge in [0, 0.05) is 21.8 Å². The molecule has 4 aromatic rings. The summed E-state index contributed by atoms with van der Waals surface area (Å²) >= 11 is 2.75. The van der Waals surface area contributed by atoms with Gasteiger partial charge in [-0.3, -0.25) is 9.89 Å². The fourth-order valence-electron chi connectivity index (χ4n) is 2.86. The largest absolute Gasteiger partial charge is 0.325 e. The summed E-state index contributed by atoms with van der Waals surface area (Å²) in [6, 6.07) is 13.6. The van der Waals surface area contributed by atoms with Gasteiger partial charge in [-0.1, -0.05) is 24.3 Å². The summed E-state index contributed by atoms with van der Waals surface area (Å²) in [5.41, 5.74) is 2.08. The molecule has 0 saturated carbocycles. The number of thiophene rings is 1. The lowest BCUT2D eigenvalue weighted by Crippen LogP contribution is -2.09. The second kappa shape index (κ2) is 8.15. The van der Waals surface area contributed by atoms with Crippen LogP contribution in [0.2, 0.25) is 0 Å². The number of pyridine rings is 1. The van der Waals surface area contributed by atoms with Crippen molar-refractivity contribution in [2.24, 2.45) is 0 Å². The second-order valence-corrected chi connectivity index (χ2v) is 7.84. The predicted octanol–water partition coefficient (Wildman–Crippen LogP) is 4.60. The van der Waals surface area contributed by atoms with Gasteiger partial charge in [0.2, 0.25) is 0 Å². The van der Waals surface area contributed by atoms with Crippen LogP contribution in [0.3, 0.4) is 0 Å². The smallest absolute Gasteiger partial charge is 0.260 e. The topological polar surface area (TPSA) is 103 Å². The first-order valence-electron chi connectivity index (χ1n) is 8.40. The zero-order chi connectivity index (χ0) is 20.2. The molecule has 0 aliphatic rings. The van der Waals surface area contributed by atoms with Crippen LogP contribution in [0, 0.1) is 17.9 Å². The van der Waals surface area contributed by atoms with Gasteiger partial charge < -0.3 is 4.98 Å². The number of hydrogen-bond donors (Lipinski definition) is 2. The van der Waals surface area contributed by atoms with Crippen molar-refractivity contribution in [1.82, 2.24) is 20.2 Å². The molecule has 0 saturated heterocycles. The van der Waals surface area contributed by atoms with Crippen molar-refractivity contribution >= 4 is 28.8 Å². The summed E-state index contributed by atoms with van der Waals surface area (Å²) in [5, 5.41) is 18.8. The minimum absolute atomic E-state index is 0.0549. The van der Waals surface area contributed by atoms with Crippen molar-refractivity contribution in [3.63, 3.8) is 0 Å². The summed E-state index contributed by atoms with van der Waals surface area (Å²) in [7, 11) is 0. The quantitative estimate of drug-likeness (QED) is 0.365. The monoisotopic (exact) mass is 416 g/mol. The van der Waals surface area contributed by atoms with Crippen LogP contribution < -0.4 is 5.56 Å². The van der Waals surface area contributed by atoms with Crippen molar-refractivity contribution in [2.45, 2.75) is 10.8 Å². The highest BCUT2D eigenvalue weighted by molar-refractivity contribution is 7.98. The van der Waals surface area contributed by atoms with Gasteiger partial charge in [0.25, 0.3) is 11.2 Å². The number of aromatic nitrogens is 4. The number of nitrogens with zero attached hydrogens (tertiary/aromatic N) is 4. The molecule has 0 unspecified atom stereocenters. The SMILES string of the molecule is [C-]#[N+]c1c(-c2cccs2)c(C#N)c(SCc2cccc(-c3ncn[nH]3)c2)[nH]c1=O. The van der Waals surface area contributed by atoms with E-state index in [0.29, 0.717) is 27.7 Å². The molecular formula is C20H12N6OS2. The second-order valence-electron chi connectivity index (χ2n) is 5.91. The summed E-state index contributed by atoms with van der Waals surface area (Å²) in [6.07, 6.45) is 1.45. The molecule has 140 valence electrons. The van der Waals surface area contributed by atoms with Crippen molar-refractivity contribution in [3.8, 4) is 27.9 Å². The molecule has 3 heterocycles. The number of benzene rings is 1. The minimum Gasteiger partial charge on any atom is -0.325 e. The first kappa shape index (κ1) is 18.7. The third kappa shape index (κ3) is 3.69. The Bertz CT molecular complexity index is 1290. The number of rotatable bonds is 5. The Hall–Kier alpha value is -3.66. The lowest BCUT2D eigenvalue weighted by atomic mass is 10.1.